The largest absolute Gasteiger partial charge is 0.486 e. The van der Waals surface area contributed by atoms with Gasteiger partial charge in [0.1, 0.15) is 12.4 Å². The fourth-order valence-electron chi connectivity index (χ4n) is 1.37. The van der Waals surface area contributed by atoms with Crippen molar-refractivity contribution >= 4 is 27.5 Å². The number of rotatable bonds is 5. The second-order valence-corrected chi connectivity index (χ2v) is 6.53. The minimum Gasteiger partial charge on any atom is -0.486 e. The molecule has 0 spiro atoms. The zero-order valence-electron chi connectivity index (χ0n) is 11.0. The van der Waals surface area contributed by atoms with Crippen molar-refractivity contribution < 1.29 is 4.74 Å². The van der Waals surface area contributed by atoms with Gasteiger partial charge in [0, 0.05) is 22.7 Å². The van der Waals surface area contributed by atoms with Crippen molar-refractivity contribution in [3.05, 3.63) is 39.8 Å². The number of hydrogen-bond donors (Lipinski definition) is 1. The smallest absolute Gasteiger partial charge is 0.138 e. The third-order valence-corrected chi connectivity index (χ3v) is 2.96. The predicted molar refractivity (Wildman–Crippen MR) is 81.2 cm³/mol. The van der Waals surface area contributed by atoms with Crippen LogP contribution in [0.15, 0.2) is 34.3 Å². The molecule has 0 heterocycles. The molecule has 0 aromatic heterocycles. The summed E-state index contributed by atoms with van der Waals surface area (Å²) in [5.41, 5.74) is 1.16. The Balaban J connectivity index is 2.83. The molecule has 0 saturated heterocycles. The van der Waals surface area contributed by atoms with Gasteiger partial charge < -0.3 is 10.1 Å². The maximum atomic E-state index is 5.73. The van der Waals surface area contributed by atoms with Gasteiger partial charge in [-0.25, -0.2) is 0 Å². The summed E-state index contributed by atoms with van der Waals surface area (Å²) in [6, 6.07) is 5.98. The van der Waals surface area contributed by atoms with Gasteiger partial charge in [0.25, 0.3) is 0 Å². The van der Waals surface area contributed by atoms with Gasteiger partial charge in [0.05, 0.1) is 4.47 Å². The number of halogens is 2. The Hall–Kier alpha value is -0.510. The quantitative estimate of drug-likeness (QED) is 0.859. The zero-order valence-corrected chi connectivity index (χ0v) is 13.4. The molecule has 0 aliphatic carbocycles. The van der Waals surface area contributed by atoms with Crippen LogP contribution in [0.2, 0.25) is 0 Å². The lowest BCUT2D eigenvalue weighted by Gasteiger charge is -2.22. The van der Waals surface area contributed by atoms with Crippen molar-refractivity contribution in [2.45, 2.75) is 32.9 Å². The normalized spacial score (nSPS) is 11.4. The highest BCUT2D eigenvalue weighted by Crippen LogP contribution is 2.29. The zero-order chi connectivity index (χ0) is 13.8. The number of para-hydroxylation sites is 1. The lowest BCUT2D eigenvalue weighted by atomic mass is 10.1. The van der Waals surface area contributed by atoms with Crippen LogP contribution in [0.1, 0.15) is 26.3 Å². The first kappa shape index (κ1) is 15.5. The molecule has 0 aliphatic rings. The highest BCUT2D eigenvalue weighted by Gasteiger charge is 2.13. The molecule has 0 saturated carbocycles. The number of nitrogens with one attached hydrogen (secondary N) is 1. The Morgan fingerprint density at radius 2 is 2.11 bits per heavy atom. The topological polar surface area (TPSA) is 21.3 Å². The Kier molecular flexibility index (Phi) is 5.70. The van der Waals surface area contributed by atoms with E-state index in [0.29, 0.717) is 11.6 Å². The van der Waals surface area contributed by atoms with E-state index in [1.165, 1.54) is 0 Å². The molecule has 0 amide bonds. The summed E-state index contributed by atoms with van der Waals surface area (Å²) in [6.45, 7) is 11.1. The van der Waals surface area contributed by atoms with Crippen molar-refractivity contribution in [2.75, 3.05) is 6.61 Å². The van der Waals surface area contributed by atoms with Crippen LogP contribution in [0.25, 0.3) is 0 Å². The summed E-state index contributed by atoms with van der Waals surface area (Å²) in [6.07, 6.45) is 0. The summed E-state index contributed by atoms with van der Waals surface area (Å²) in [7, 11) is 0. The molecular weight excluding hydrogens is 314 g/mol. The van der Waals surface area contributed by atoms with Crippen LogP contribution in [-0.4, -0.2) is 12.1 Å². The van der Waals surface area contributed by atoms with E-state index in [0.717, 1.165) is 22.3 Å². The molecule has 1 aromatic carbocycles. The maximum Gasteiger partial charge on any atom is 0.138 e. The highest BCUT2D eigenvalue weighted by molar-refractivity contribution is 9.10. The van der Waals surface area contributed by atoms with Gasteiger partial charge in [0.2, 0.25) is 0 Å². The van der Waals surface area contributed by atoms with Gasteiger partial charge in [-0.3, -0.25) is 0 Å². The molecule has 0 bridgehead atoms. The van der Waals surface area contributed by atoms with Crippen molar-refractivity contribution in [1.29, 1.82) is 0 Å². The van der Waals surface area contributed by atoms with Crippen molar-refractivity contribution in [2.24, 2.45) is 0 Å². The van der Waals surface area contributed by atoms with Crippen LogP contribution in [0.4, 0.5) is 0 Å². The molecule has 4 heteroatoms. The average molecular weight is 333 g/mol. The second kappa shape index (κ2) is 6.60. The fraction of sp³-hybridized carbons (Fsp3) is 0.429. The standard InChI is InChI=1S/C14H19BrClNO/c1-10(16)9-18-13-11(6-5-7-12(13)15)8-17-14(2,3)4/h5-7,17H,1,8-9H2,2-4H3. The molecule has 100 valence electrons. The Morgan fingerprint density at radius 3 is 2.67 bits per heavy atom. The Morgan fingerprint density at radius 1 is 1.44 bits per heavy atom. The fourth-order valence-corrected chi connectivity index (χ4v) is 1.94. The SMILES string of the molecule is C=C(Cl)COc1c(Br)cccc1CNC(C)(C)C. The maximum absolute atomic E-state index is 5.73. The van der Waals surface area contributed by atoms with Gasteiger partial charge in [-0.05, 0) is 42.8 Å². The molecule has 0 fully saturated rings. The van der Waals surface area contributed by atoms with E-state index >= 15 is 0 Å². The van der Waals surface area contributed by atoms with E-state index in [9.17, 15) is 0 Å². The van der Waals surface area contributed by atoms with Gasteiger partial charge in [-0.2, -0.15) is 0 Å². The highest BCUT2D eigenvalue weighted by atomic mass is 79.9. The summed E-state index contributed by atoms with van der Waals surface area (Å²) in [5.74, 6) is 0.816. The molecular formula is C14H19BrClNO. The summed E-state index contributed by atoms with van der Waals surface area (Å²) in [5, 5.41) is 3.92. The minimum atomic E-state index is 0.0651. The number of benzene rings is 1. The van der Waals surface area contributed by atoms with Crippen molar-refractivity contribution in [3.63, 3.8) is 0 Å². The van der Waals surface area contributed by atoms with E-state index in [2.05, 4.69) is 48.6 Å². The number of ether oxygens (including phenoxy) is 1. The van der Waals surface area contributed by atoms with Gasteiger partial charge in [-0.15, -0.1) is 0 Å². The van der Waals surface area contributed by atoms with Crippen molar-refractivity contribution in [3.8, 4) is 5.75 Å². The van der Waals surface area contributed by atoms with Crippen LogP contribution in [0.3, 0.4) is 0 Å². The van der Waals surface area contributed by atoms with E-state index in [-0.39, 0.29) is 5.54 Å². The Bertz CT molecular complexity index is 426. The first-order valence-corrected chi connectivity index (χ1v) is 6.95. The molecule has 0 aliphatic heterocycles. The van der Waals surface area contributed by atoms with Crippen LogP contribution in [0.5, 0.6) is 5.75 Å². The first-order chi connectivity index (χ1) is 8.29. The third-order valence-electron chi connectivity index (χ3n) is 2.23. The van der Waals surface area contributed by atoms with Gasteiger partial charge in [0.15, 0.2) is 0 Å². The van der Waals surface area contributed by atoms with Gasteiger partial charge >= 0.3 is 0 Å². The summed E-state index contributed by atoms with van der Waals surface area (Å²) in [4.78, 5) is 0. The van der Waals surface area contributed by atoms with E-state index < -0.39 is 0 Å². The van der Waals surface area contributed by atoms with Crippen LogP contribution >= 0.6 is 27.5 Å². The van der Waals surface area contributed by atoms with Crippen LogP contribution in [0, 0.1) is 0 Å². The molecule has 0 atom stereocenters. The lowest BCUT2D eigenvalue weighted by molar-refractivity contribution is 0.347. The second-order valence-electron chi connectivity index (χ2n) is 5.14. The first-order valence-electron chi connectivity index (χ1n) is 5.78. The van der Waals surface area contributed by atoms with Gasteiger partial charge in [-0.1, -0.05) is 30.3 Å². The molecule has 1 N–H and O–H groups in total. The van der Waals surface area contributed by atoms with E-state index in [1.54, 1.807) is 0 Å². The van der Waals surface area contributed by atoms with Crippen LogP contribution in [-0.2, 0) is 6.54 Å². The average Bonchev–Trinajstić information content (AvgIpc) is 2.23. The van der Waals surface area contributed by atoms with Crippen LogP contribution < -0.4 is 10.1 Å². The number of hydrogen-bond acceptors (Lipinski definition) is 2. The summed E-state index contributed by atoms with van der Waals surface area (Å²) >= 11 is 9.22. The molecule has 18 heavy (non-hydrogen) atoms. The summed E-state index contributed by atoms with van der Waals surface area (Å²) < 4.78 is 6.60. The molecule has 1 aromatic rings. The molecule has 2 nitrogen and oxygen atoms in total. The monoisotopic (exact) mass is 331 g/mol. The molecule has 1 rings (SSSR count). The third kappa shape index (κ3) is 5.42. The van der Waals surface area contributed by atoms with Crippen molar-refractivity contribution in [1.82, 2.24) is 5.32 Å². The molecule has 0 radical (unpaired) electrons. The van der Waals surface area contributed by atoms with E-state index in [4.69, 9.17) is 16.3 Å². The predicted octanol–water partition coefficient (Wildman–Crippen LogP) is 4.47. The lowest BCUT2D eigenvalue weighted by Crippen LogP contribution is -2.35. The Labute approximate surface area is 122 Å². The van der Waals surface area contributed by atoms with E-state index in [1.807, 2.05) is 18.2 Å². The molecule has 0 unspecified atom stereocenters. The minimum absolute atomic E-state index is 0.0651.